The average Bonchev–Trinajstić information content (AvgIpc) is 2.67. The summed E-state index contributed by atoms with van der Waals surface area (Å²) >= 11 is 5.88. The number of aromatic nitrogens is 1. The molecule has 0 amide bonds. The normalized spacial score (nSPS) is 12.8. The van der Waals surface area contributed by atoms with Crippen LogP contribution < -0.4 is 5.56 Å². The molecule has 3 rings (SSSR count). The number of hydrogen-bond acceptors (Lipinski definition) is 4. The van der Waals surface area contributed by atoms with Crippen molar-refractivity contribution in [2.45, 2.75) is 12.3 Å². The summed E-state index contributed by atoms with van der Waals surface area (Å²) in [5.41, 5.74) is 1.75. The Bertz CT molecular complexity index is 1080. The van der Waals surface area contributed by atoms with E-state index < -0.39 is 11.7 Å². The zero-order chi connectivity index (χ0) is 20.3. The van der Waals surface area contributed by atoms with Crippen LogP contribution in [0.1, 0.15) is 29.0 Å². The number of rotatable bonds is 5. The number of phenolic OH excluding ortho intramolecular Hbond substituents is 1. The van der Waals surface area contributed by atoms with E-state index in [1.54, 1.807) is 43.6 Å². The fourth-order valence-corrected chi connectivity index (χ4v) is 3.23. The van der Waals surface area contributed by atoms with Gasteiger partial charge in [0.25, 0.3) is 0 Å². The highest BCUT2D eigenvalue weighted by molar-refractivity contribution is 6.30. The van der Waals surface area contributed by atoms with Gasteiger partial charge in [-0.15, -0.1) is 0 Å². The Morgan fingerprint density at radius 3 is 2.50 bits per heavy atom. The van der Waals surface area contributed by atoms with E-state index in [0.717, 1.165) is 5.56 Å². The molecular weight excluding hydrogens is 383 g/mol. The number of phenols is 1. The zero-order valence-corrected chi connectivity index (χ0v) is 15.8. The molecule has 0 bridgehead atoms. The SMILES string of the molecule is Cn1cc(/C(CC(c2ccc(O)cc2)c2ccc(Cl)cc2F)=N\O)ccc1=O. The van der Waals surface area contributed by atoms with E-state index >= 15 is 0 Å². The molecule has 28 heavy (non-hydrogen) atoms. The van der Waals surface area contributed by atoms with E-state index in [1.165, 1.54) is 28.8 Å². The van der Waals surface area contributed by atoms with Gasteiger partial charge in [0.1, 0.15) is 11.6 Å². The number of oxime groups is 1. The Morgan fingerprint density at radius 1 is 1.18 bits per heavy atom. The summed E-state index contributed by atoms with van der Waals surface area (Å²) in [6.07, 6.45) is 1.72. The molecule has 3 aromatic rings. The summed E-state index contributed by atoms with van der Waals surface area (Å²) in [7, 11) is 1.59. The minimum Gasteiger partial charge on any atom is -0.508 e. The van der Waals surface area contributed by atoms with Crippen molar-refractivity contribution < 1.29 is 14.7 Å². The lowest BCUT2D eigenvalue weighted by Gasteiger charge is -2.20. The molecule has 0 aliphatic carbocycles. The first-order chi connectivity index (χ1) is 13.4. The average molecular weight is 401 g/mol. The number of nitrogens with zero attached hydrogens (tertiary/aromatic N) is 2. The molecule has 2 N–H and O–H groups in total. The van der Waals surface area contributed by atoms with Gasteiger partial charge in [-0.1, -0.05) is 35.0 Å². The minimum atomic E-state index is -0.499. The van der Waals surface area contributed by atoms with E-state index in [-0.39, 0.29) is 22.8 Å². The number of pyridine rings is 1. The van der Waals surface area contributed by atoms with Crippen molar-refractivity contribution in [2.75, 3.05) is 0 Å². The molecule has 0 radical (unpaired) electrons. The van der Waals surface area contributed by atoms with E-state index in [1.807, 2.05) is 0 Å². The van der Waals surface area contributed by atoms with Crippen molar-refractivity contribution in [1.82, 2.24) is 4.57 Å². The van der Waals surface area contributed by atoms with Crippen molar-refractivity contribution >= 4 is 17.3 Å². The number of benzene rings is 2. The third-order valence-corrected chi connectivity index (χ3v) is 4.81. The molecule has 0 aliphatic heterocycles. The zero-order valence-electron chi connectivity index (χ0n) is 15.0. The largest absolute Gasteiger partial charge is 0.508 e. The molecule has 2 aromatic carbocycles. The number of aryl methyl sites for hydroxylation is 1. The van der Waals surface area contributed by atoms with Gasteiger partial charge in [-0.25, -0.2) is 4.39 Å². The summed E-state index contributed by atoms with van der Waals surface area (Å²) < 4.78 is 16.0. The predicted molar refractivity (Wildman–Crippen MR) is 106 cm³/mol. The fourth-order valence-electron chi connectivity index (χ4n) is 3.07. The second kappa shape index (κ2) is 8.27. The predicted octanol–water partition coefficient (Wildman–Crippen LogP) is 4.28. The lowest BCUT2D eigenvalue weighted by atomic mass is 9.85. The quantitative estimate of drug-likeness (QED) is 0.381. The van der Waals surface area contributed by atoms with Crippen LogP contribution in [0.4, 0.5) is 4.39 Å². The van der Waals surface area contributed by atoms with Crippen LogP contribution in [-0.4, -0.2) is 20.6 Å². The molecule has 1 atom stereocenters. The number of aromatic hydroxyl groups is 1. The van der Waals surface area contributed by atoms with Gasteiger partial charge in [0.2, 0.25) is 5.56 Å². The molecule has 0 spiro atoms. The third-order valence-electron chi connectivity index (χ3n) is 4.57. The van der Waals surface area contributed by atoms with Gasteiger partial charge in [-0.2, -0.15) is 0 Å². The van der Waals surface area contributed by atoms with Crippen molar-refractivity contribution in [3.8, 4) is 5.75 Å². The van der Waals surface area contributed by atoms with E-state index in [0.29, 0.717) is 16.8 Å². The van der Waals surface area contributed by atoms with Crippen molar-refractivity contribution in [2.24, 2.45) is 12.2 Å². The highest BCUT2D eigenvalue weighted by Gasteiger charge is 2.22. The van der Waals surface area contributed by atoms with Gasteiger partial charge in [-0.05, 0) is 41.5 Å². The first-order valence-electron chi connectivity index (χ1n) is 8.51. The molecule has 5 nitrogen and oxygen atoms in total. The summed E-state index contributed by atoms with van der Waals surface area (Å²) in [5.74, 6) is -0.891. The van der Waals surface area contributed by atoms with Crippen LogP contribution in [0.5, 0.6) is 5.75 Å². The molecule has 1 heterocycles. The summed E-state index contributed by atoms with van der Waals surface area (Å²) in [4.78, 5) is 11.6. The van der Waals surface area contributed by atoms with Crippen molar-refractivity contribution in [1.29, 1.82) is 0 Å². The lowest BCUT2D eigenvalue weighted by molar-refractivity contribution is 0.317. The second-order valence-corrected chi connectivity index (χ2v) is 6.86. The molecule has 0 saturated heterocycles. The maximum atomic E-state index is 14.7. The Kier molecular flexibility index (Phi) is 5.80. The van der Waals surface area contributed by atoms with Crippen molar-refractivity contribution in [3.05, 3.63) is 98.7 Å². The van der Waals surface area contributed by atoms with Gasteiger partial charge in [0.05, 0.1) is 5.71 Å². The molecule has 0 fully saturated rings. The smallest absolute Gasteiger partial charge is 0.250 e. The van der Waals surface area contributed by atoms with E-state index in [4.69, 9.17) is 11.6 Å². The van der Waals surface area contributed by atoms with Gasteiger partial charge in [-0.3, -0.25) is 4.79 Å². The Labute approximate surface area is 166 Å². The summed E-state index contributed by atoms with van der Waals surface area (Å²) in [5, 5.41) is 22.8. The lowest BCUT2D eigenvalue weighted by Crippen LogP contribution is -2.18. The van der Waals surface area contributed by atoms with Gasteiger partial charge < -0.3 is 14.9 Å². The maximum Gasteiger partial charge on any atom is 0.250 e. The van der Waals surface area contributed by atoms with Gasteiger partial charge in [0.15, 0.2) is 0 Å². The first-order valence-corrected chi connectivity index (χ1v) is 8.88. The highest BCUT2D eigenvalue weighted by Crippen LogP contribution is 2.33. The third kappa shape index (κ3) is 4.23. The molecule has 144 valence electrons. The Morgan fingerprint density at radius 2 is 1.89 bits per heavy atom. The molecule has 0 saturated carbocycles. The second-order valence-electron chi connectivity index (χ2n) is 6.43. The summed E-state index contributed by atoms with van der Waals surface area (Å²) in [6, 6.07) is 13.7. The van der Waals surface area contributed by atoms with Crippen LogP contribution >= 0.6 is 11.6 Å². The highest BCUT2D eigenvalue weighted by atomic mass is 35.5. The fraction of sp³-hybridized carbons (Fsp3) is 0.143. The van der Waals surface area contributed by atoms with Crippen molar-refractivity contribution in [3.63, 3.8) is 0 Å². The monoisotopic (exact) mass is 400 g/mol. The molecule has 7 heteroatoms. The standard InChI is InChI=1S/C21H18ClFN2O3/c1-25-12-14(4-9-21(25)27)20(24-28)11-18(13-2-6-16(26)7-3-13)17-8-5-15(22)10-19(17)23/h2-10,12,18,26,28H,11H2,1H3/b24-20-. The van der Waals surface area contributed by atoms with E-state index in [9.17, 15) is 19.5 Å². The van der Waals surface area contributed by atoms with Gasteiger partial charge >= 0.3 is 0 Å². The minimum absolute atomic E-state index is 0.0909. The van der Waals surface area contributed by atoms with E-state index in [2.05, 4.69) is 5.16 Å². The van der Waals surface area contributed by atoms with Crippen LogP contribution in [0.3, 0.4) is 0 Å². The van der Waals surface area contributed by atoms with Crippen LogP contribution in [0, 0.1) is 5.82 Å². The van der Waals surface area contributed by atoms with Gasteiger partial charge in [0, 0.05) is 42.2 Å². The topological polar surface area (TPSA) is 74.8 Å². The Hall–Kier alpha value is -3.12. The van der Waals surface area contributed by atoms with Crippen LogP contribution in [0.15, 0.2) is 70.7 Å². The Balaban J connectivity index is 2.06. The molecular formula is C21H18ClFN2O3. The molecule has 1 unspecified atom stereocenters. The number of halogens is 2. The summed E-state index contributed by atoms with van der Waals surface area (Å²) in [6.45, 7) is 0. The molecule has 0 aliphatic rings. The molecule has 1 aromatic heterocycles. The number of hydrogen-bond donors (Lipinski definition) is 2. The van der Waals surface area contributed by atoms with Crippen LogP contribution in [0.2, 0.25) is 5.02 Å². The van der Waals surface area contributed by atoms with Crippen LogP contribution in [0.25, 0.3) is 0 Å². The first kappa shape index (κ1) is 19.6. The maximum absolute atomic E-state index is 14.7. The van der Waals surface area contributed by atoms with Crippen LogP contribution in [-0.2, 0) is 7.05 Å².